The Morgan fingerprint density at radius 2 is 2.12 bits per heavy atom. The van der Waals surface area contributed by atoms with Gasteiger partial charge in [-0.1, -0.05) is 6.07 Å². The smallest absolute Gasteiger partial charge is 0.417 e. The molecule has 0 saturated heterocycles. The van der Waals surface area contributed by atoms with Gasteiger partial charge in [-0.25, -0.2) is 0 Å². The average Bonchev–Trinajstić information content (AvgIpc) is 2.68. The van der Waals surface area contributed by atoms with Crippen molar-refractivity contribution in [2.75, 3.05) is 13.2 Å². The Balaban J connectivity index is 2.56. The van der Waals surface area contributed by atoms with E-state index in [1.165, 1.54) is 12.1 Å². The van der Waals surface area contributed by atoms with Gasteiger partial charge in [0.25, 0.3) is 5.88 Å². The molecule has 2 N–H and O–H groups in total. The lowest BCUT2D eigenvalue weighted by molar-refractivity contribution is -0.136. The van der Waals surface area contributed by atoms with Gasteiger partial charge in [0.15, 0.2) is 5.58 Å². The maximum absolute atomic E-state index is 12.7. The van der Waals surface area contributed by atoms with Crippen molar-refractivity contribution in [3.63, 3.8) is 0 Å². The van der Waals surface area contributed by atoms with E-state index in [0.29, 0.717) is 0 Å². The number of rotatable bonds is 3. The summed E-state index contributed by atoms with van der Waals surface area (Å²) in [4.78, 5) is 0. The molecule has 4 nitrogen and oxygen atoms in total. The van der Waals surface area contributed by atoms with Crippen LogP contribution in [0, 0.1) is 0 Å². The van der Waals surface area contributed by atoms with E-state index < -0.39 is 11.7 Å². The Morgan fingerprint density at radius 3 is 2.76 bits per heavy atom. The van der Waals surface area contributed by atoms with Crippen LogP contribution in [0.5, 0.6) is 5.88 Å². The van der Waals surface area contributed by atoms with Crippen molar-refractivity contribution >= 4 is 11.0 Å². The standard InChI is InChI=1S/C10H9F3N2O2/c11-10(12,13)6-2-1-3-7-8(6)9(15-17-7)16-5-4-14/h1-3H,4-5,14H2. The molecule has 0 aliphatic heterocycles. The zero-order valence-corrected chi connectivity index (χ0v) is 8.62. The van der Waals surface area contributed by atoms with Crippen molar-refractivity contribution in [2.45, 2.75) is 6.18 Å². The molecule has 0 saturated carbocycles. The van der Waals surface area contributed by atoms with Crippen LogP contribution in [0.2, 0.25) is 0 Å². The number of nitrogens with two attached hydrogens (primary N) is 1. The van der Waals surface area contributed by atoms with Gasteiger partial charge in [-0.3, -0.25) is 0 Å². The van der Waals surface area contributed by atoms with Crippen molar-refractivity contribution in [2.24, 2.45) is 5.73 Å². The minimum Gasteiger partial charge on any atom is -0.474 e. The van der Waals surface area contributed by atoms with Gasteiger partial charge in [0.05, 0.1) is 10.9 Å². The highest BCUT2D eigenvalue weighted by Crippen LogP contribution is 2.38. The normalized spacial score (nSPS) is 12.0. The molecule has 1 aromatic heterocycles. The summed E-state index contributed by atoms with van der Waals surface area (Å²) >= 11 is 0. The number of hydrogen-bond donors (Lipinski definition) is 1. The fourth-order valence-electron chi connectivity index (χ4n) is 1.45. The number of alkyl halides is 3. The second-order valence-electron chi connectivity index (χ2n) is 3.30. The number of hydrogen-bond acceptors (Lipinski definition) is 4. The molecule has 0 atom stereocenters. The van der Waals surface area contributed by atoms with Gasteiger partial charge in [0, 0.05) is 6.54 Å². The molecule has 0 spiro atoms. The number of nitrogens with zero attached hydrogens (tertiary/aromatic N) is 1. The number of benzene rings is 1. The number of fused-ring (bicyclic) bond motifs is 1. The molecule has 1 aromatic carbocycles. The molecule has 2 rings (SSSR count). The molecule has 17 heavy (non-hydrogen) atoms. The van der Waals surface area contributed by atoms with E-state index in [4.69, 9.17) is 15.0 Å². The molecular formula is C10H9F3N2O2. The van der Waals surface area contributed by atoms with E-state index in [1.807, 2.05) is 0 Å². The zero-order valence-electron chi connectivity index (χ0n) is 8.62. The Hall–Kier alpha value is -1.76. The van der Waals surface area contributed by atoms with Crippen LogP contribution in [0.15, 0.2) is 22.7 Å². The fraction of sp³-hybridized carbons (Fsp3) is 0.300. The summed E-state index contributed by atoms with van der Waals surface area (Å²) in [7, 11) is 0. The second-order valence-corrected chi connectivity index (χ2v) is 3.30. The third-order valence-corrected chi connectivity index (χ3v) is 2.13. The summed E-state index contributed by atoms with van der Waals surface area (Å²) in [6, 6.07) is 3.60. The summed E-state index contributed by atoms with van der Waals surface area (Å²) in [5, 5.41) is 3.28. The van der Waals surface area contributed by atoms with Crippen molar-refractivity contribution in [3.05, 3.63) is 23.8 Å². The lowest BCUT2D eigenvalue weighted by atomic mass is 10.1. The monoisotopic (exact) mass is 246 g/mol. The molecule has 2 aromatic rings. The Kier molecular flexibility index (Phi) is 2.93. The SMILES string of the molecule is NCCOc1noc2cccc(C(F)(F)F)c12. The first kappa shape index (κ1) is 11.7. The molecule has 92 valence electrons. The number of aromatic nitrogens is 1. The molecule has 0 aliphatic rings. The van der Waals surface area contributed by atoms with E-state index in [1.54, 1.807) is 0 Å². The molecule has 0 unspecified atom stereocenters. The highest BCUT2D eigenvalue weighted by atomic mass is 19.4. The van der Waals surface area contributed by atoms with Crippen molar-refractivity contribution in [1.29, 1.82) is 0 Å². The second kappa shape index (κ2) is 4.25. The van der Waals surface area contributed by atoms with Gasteiger partial charge in [-0.05, 0) is 17.3 Å². The first-order chi connectivity index (χ1) is 8.04. The van der Waals surface area contributed by atoms with Crippen LogP contribution in [0.3, 0.4) is 0 Å². The summed E-state index contributed by atoms with van der Waals surface area (Å²) in [5.74, 6) is -0.182. The Labute approximate surface area is 94.1 Å². The van der Waals surface area contributed by atoms with Crippen LogP contribution in [-0.4, -0.2) is 18.3 Å². The molecule has 7 heteroatoms. The predicted molar refractivity (Wildman–Crippen MR) is 53.6 cm³/mol. The van der Waals surface area contributed by atoms with Crippen LogP contribution in [0.25, 0.3) is 11.0 Å². The summed E-state index contributed by atoms with van der Waals surface area (Å²) < 4.78 is 48.0. The van der Waals surface area contributed by atoms with Gasteiger partial charge in [0.1, 0.15) is 6.61 Å². The molecule has 0 aliphatic carbocycles. The van der Waals surface area contributed by atoms with Crippen LogP contribution in [0.1, 0.15) is 5.56 Å². The quantitative estimate of drug-likeness (QED) is 0.901. The maximum Gasteiger partial charge on any atom is 0.417 e. The van der Waals surface area contributed by atoms with E-state index >= 15 is 0 Å². The highest BCUT2D eigenvalue weighted by Gasteiger charge is 2.35. The maximum atomic E-state index is 12.7. The minimum atomic E-state index is -4.48. The largest absolute Gasteiger partial charge is 0.474 e. The first-order valence-corrected chi connectivity index (χ1v) is 4.82. The summed E-state index contributed by atoms with van der Waals surface area (Å²) in [6.07, 6.45) is -4.48. The summed E-state index contributed by atoms with van der Waals surface area (Å²) in [6.45, 7) is 0.260. The van der Waals surface area contributed by atoms with Gasteiger partial charge in [-0.15, -0.1) is 0 Å². The van der Waals surface area contributed by atoms with Gasteiger partial charge in [-0.2, -0.15) is 13.2 Å². The van der Waals surface area contributed by atoms with Crippen molar-refractivity contribution in [1.82, 2.24) is 5.16 Å². The molecule has 0 fully saturated rings. The van der Waals surface area contributed by atoms with Crippen LogP contribution in [-0.2, 0) is 6.18 Å². The van der Waals surface area contributed by atoms with Gasteiger partial charge in [0.2, 0.25) is 0 Å². The van der Waals surface area contributed by atoms with E-state index in [9.17, 15) is 13.2 Å². The zero-order chi connectivity index (χ0) is 12.5. The van der Waals surface area contributed by atoms with Gasteiger partial charge < -0.3 is 15.0 Å². The lowest BCUT2D eigenvalue weighted by Crippen LogP contribution is -2.11. The van der Waals surface area contributed by atoms with Crippen molar-refractivity contribution in [3.8, 4) is 5.88 Å². The van der Waals surface area contributed by atoms with E-state index in [-0.39, 0.29) is 30.0 Å². The van der Waals surface area contributed by atoms with E-state index in [0.717, 1.165) is 6.07 Å². The molecule has 0 bridgehead atoms. The van der Waals surface area contributed by atoms with E-state index in [2.05, 4.69) is 5.16 Å². The van der Waals surface area contributed by atoms with Crippen LogP contribution in [0.4, 0.5) is 13.2 Å². The third kappa shape index (κ3) is 2.19. The van der Waals surface area contributed by atoms with Crippen LogP contribution >= 0.6 is 0 Å². The highest BCUT2D eigenvalue weighted by molar-refractivity contribution is 5.86. The lowest BCUT2D eigenvalue weighted by Gasteiger charge is -2.08. The summed E-state index contributed by atoms with van der Waals surface area (Å²) in [5.41, 5.74) is 4.41. The fourth-order valence-corrected chi connectivity index (χ4v) is 1.45. The topological polar surface area (TPSA) is 61.3 Å². The average molecular weight is 246 g/mol. The number of ether oxygens (including phenoxy) is 1. The number of halogens is 3. The molecule has 0 radical (unpaired) electrons. The first-order valence-electron chi connectivity index (χ1n) is 4.82. The minimum absolute atomic E-state index is 0.0341. The Morgan fingerprint density at radius 1 is 1.35 bits per heavy atom. The molecular weight excluding hydrogens is 237 g/mol. The molecule has 1 heterocycles. The van der Waals surface area contributed by atoms with Gasteiger partial charge >= 0.3 is 6.18 Å². The molecule has 0 amide bonds. The van der Waals surface area contributed by atoms with Crippen LogP contribution < -0.4 is 10.5 Å². The van der Waals surface area contributed by atoms with Crippen molar-refractivity contribution < 1.29 is 22.4 Å². The Bertz CT molecular complexity index is 522. The predicted octanol–water partition coefficient (Wildman–Crippen LogP) is 2.18. The third-order valence-electron chi connectivity index (χ3n) is 2.13.